The van der Waals surface area contributed by atoms with Crippen LogP contribution >= 0.6 is 0 Å². The molecule has 0 spiro atoms. The maximum absolute atomic E-state index is 15.1. The predicted octanol–water partition coefficient (Wildman–Crippen LogP) is 2.96. The van der Waals surface area contributed by atoms with Crippen LogP contribution in [-0.4, -0.2) is 45.2 Å². The molecule has 0 aliphatic carbocycles. The summed E-state index contributed by atoms with van der Waals surface area (Å²) in [5, 5.41) is 19.6. The number of amidine groups is 1. The van der Waals surface area contributed by atoms with Crippen molar-refractivity contribution in [2.45, 2.75) is 23.3 Å². The first-order chi connectivity index (χ1) is 18.0. The van der Waals surface area contributed by atoms with Gasteiger partial charge in [0.15, 0.2) is 0 Å². The first-order valence-electron chi connectivity index (χ1n) is 11.5. The van der Waals surface area contributed by atoms with Gasteiger partial charge >= 0.3 is 0 Å². The quantitative estimate of drug-likeness (QED) is 0.241. The molecule has 198 valence electrons. The molecule has 0 bridgehead atoms. The lowest BCUT2D eigenvalue weighted by atomic mass is 9.89. The number of halogens is 1. The molecule has 10 nitrogen and oxygen atoms in total. The number of anilines is 1. The van der Waals surface area contributed by atoms with Crippen molar-refractivity contribution in [3.63, 3.8) is 0 Å². The number of nitrogens with two attached hydrogens (primary N) is 2. The summed E-state index contributed by atoms with van der Waals surface area (Å²) in [6, 6.07) is 16.7. The minimum atomic E-state index is -4.04. The number of oxime groups is 1. The molecule has 38 heavy (non-hydrogen) atoms. The Hall–Kier alpha value is -4.13. The highest BCUT2D eigenvalue weighted by atomic mass is 32.2. The summed E-state index contributed by atoms with van der Waals surface area (Å²) in [7, 11) is -2.56. The molecule has 3 aromatic carbocycles. The summed E-state index contributed by atoms with van der Waals surface area (Å²) in [5.41, 5.74) is 6.09. The molecule has 4 rings (SSSR count). The van der Waals surface area contributed by atoms with Crippen molar-refractivity contribution in [3.8, 4) is 11.1 Å². The Balaban J connectivity index is 1.59. The fraction of sp³-hybridized carbons (Fsp3) is 0.192. The lowest BCUT2D eigenvalue weighted by Crippen LogP contribution is -2.44. The Morgan fingerprint density at radius 2 is 1.92 bits per heavy atom. The molecular weight excluding hydrogens is 513 g/mol. The molecule has 12 heteroatoms. The number of benzene rings is 3. The highest BCUT2D eigenvalue weighted by Gasteiger charge is 2.46. The van der Waals surface area contributed by atoms with Crippen LogP contribution in [0.3, 0.4) is 0 Å². The third kappa shape index (κ3) is 5.57. The molecule has 0 saturated heterocycles. The van der Waals surface area contributed by atoms with Gasteiger partial charge in [0.05, 0.1) is 22.9 Å². The minimum Gasteiger partial charge on any atom is -0.385 e. The van der Waals surface area contributed by atoms with Gasteiger partial charge in [-0.25, -0.2) is 17.9 Å². The van der Waals surface area contributed by atoms with Crippen LogP contribution in [0, 0.1) is 11.2 Å². The number of rotatable bonds is 9. The molecule has 0 aromatic heterocycles. The summed E-state index contributed by atoms with van der Waals surface area (Å²) in [5.74, 6) is -1.52. The second kappa shape index (κ2) is 10.7. The molecule has 1 amide bonds. The van der Waals surface area contributed by atoms with Crippen molar-refractivity contribution in [2.24, 2.45) is 16.0 Å². The van der Waals surface area contributed by atoms with E-state index in [0.717, 1.165) is 6.07 Å². The van der Waals surface area contributed by atoms with E-state index in [4.69, 9.17) is 25.9 Å². The van der Waals surface area contributed by atoms with Crippen molar-refractivity contribution < 1.29 is 27.2 Å². The molecule has 1 atom stereocenters. The van der Waals surface area contributed by atoms with Crippen LogP contribution in [0.15, 0.2) is 76.8 Å². The zero-order valence-electron chi connectivity index (χ0n) is 20.4. The van der Waals surface area contributed by atoms with E-state index in [1.165, 1.54) is 37.4 Å². The Morgan fingerprint density at radius 3 is 2.61 bits per heavy atom. The lowest BCUT2D eigenvalue weighted by Gasteiger charge is -2.25. The van der Waals surface area contributed by atoms with Crippen LogP contribution in [0.4, 0.5) is 10.1 Å². The van der Waals surface area contributed by atoms with Gasteiger partial charge in [-0.1, -0.05) is 47.6 Å². The zero-order chi connectivity index (χ0) is 27.5. The van der Waals surface area contributed by atoms with Gasteiger partial charge in [-0.05, 0) is 29.8 Å². The van der Waals surface area contributed by atoms with Gasteiger partial charge in [-0.15, -0.1) is 0 Å². The van der Waals surface area contributed by atoms with E-state index in [1.807, 2.05) is 0 Å². The number of nitrogens with zero attached hydrogens (tertiary/aromatic N) is 1. The molecule has 1 heterocycles. The number of nitrogens with one attached hydrogen (secondary N) is 2. The Morgan fingerprint density at radius 1 is 1.16 bits per heavy atom. The average Bonchev–Trinajstić information content (AvgIpc) is 3.34. The van der Waals surface area contributed by atoms with E-state index in [-0.39, 0.29) is 47.0 Å². The summed E-state index contributed by atoms with van der Waals surface area (Å²) in [4.78, 5) is 18.9. The number of methoxy groups -OCH3 is 1. The summed E-state index contributed by atoms with van der Waals surface area (Å²) in [6.07, 6.45) is 0.209. The first-order valence-corrected chi connectivity index (χ1v) is 13.0. The molecule has 1 aliphatic rings. The van der Waals surface area contributed by atoms with Gasteiger partial charge in [0.25, 0.3) is 5.91 Å². The minimum absolute atomic E-state index is 0.0744. The first kappa shape index (κ1) is 26.9. The average molecular weight is 540 g/mol. The normalized spacial score (nSPS) is 17.0. The van der Waals surface area contributed by atoms with Gasteiger partial charge in [0.2, 0.25) is 15.6 Å². The molecule has 3 aromatic rings. The van der Waals surface area contributed by atoms with E-state index >= 15 is 4.39 Å². The molecule has 6 N–H and O–H groups in total. The largest absolute Gasteiger partial charge is 0.385 e. The number of nitrogen functional groups attached to an aromatic ring is 1. The van der Waals surface area contributed by atoms with Crippen molar-refractivity contribution in [2.75, 3.05) is 19.0 Å². The summed E-state index contributed by atoms with van der Waals surface area (Å²) in [6.45, 7) is 0.176. The second-order valence-electron chi connectivity index (χ2n) is 8.73. The topological polar surface area (TPSA) is 170 Å². The van der Waals surface area contributed by atoms with Crippen LogP contribution in [0.2, 0.25) is 0 Å². The zero-order valence-corrected chi connectivity index (χ0v) is 21.2. The number of carbonyl (C=O) groups excluding carboxylic acids is 1. The van der Waals surface area contributed by atoms with E-state index in [2.05, 4.69) is 10.5 Å². The third-order valence-electron chi connectivity index (χ3n) is 6.14. The standard InChI is InChI=1S/C26H26FN5O5S/c1-36-12-11-26(15-22(32-37-26)17-5-4-6-18(13-17)24(28)29)25(33)31-21-10-9-16(14-20(21)27)19-7-2-3-8-23(19)38(30,34)35/h2-10,13-14H,11-12,15H2,1H3,(H3,28,29)(H,31,33)(H2,30,34,35). The molecule has 0 radical (unpaired) electrons. The predicted molar refractivity (Wildman–Crippen MR) is 141 cm³/mol. The van der Waals surface area contributed by atoms with Crippen LogP contribution in [-0.2, 0) is 24.4 Å². The van der Waals surface area contributed by atoms with Crippen molar-refractivity contribution in [1.29, 1.82) is 5.41 Å². The van der Waals surface area contributed by atoms with Gasteiger partial charge in [0, 0.05) is 36.6 Å². The Bertz CT molecular complexity index is 1540. The Labute approximate surface area is 219 Å². The van der Waals surface area contributed by atoms with Crippen molar-refractivity contribution in [1.82, 2.24) is 0 Å². The van der Waals surface area contributed by atoms with E-state index in [0.29, 0.717) is 16.8 Å². The fourth-order valence-electron chi connectivity index (χ4n) is 4.11. The van der Waals surface area contributed by atoms with Crippen molar-refractivity contribution in [3.05, 3.63) is 83.7 Å². The Kier molecular flexibility index (Phi) is 7.58. The number of sulfonamides is 1. The third-order valence-corrected chi connectivity index (χ3v) is 7.11. The maximum atomic E-state index is 15.1. The van der Waals surface area contributed by atoms with Crippen molar-refractivity contribution >= 4 is 33.2 Å². The van der Waals surface area contributed by atoms with Gasteiger partial charge in [-0.2, -0.15) is 0 Å². The number of amides is 1. The lowest BCUT2D eigenvalue weighted by molar-refractivity contribution is -0.140. The highest BCUT2D eigenvalue weighted by molar-refractivity contribution is 7.89. The highest BCUT2D eigenvalue weighted by Crippen LogP contribution is 2.34. The fourth-order valence-corrected chi connectivity index (χ4v) is 4.87. The smallest absolute Gasteiger partial charge is 0.272 e. The van der Waals surface area contributed by atoms with Crippen LogP contribution in [0.25, 0.3) is 11.1 Å². The van der Waals surface area contributed by atoms with E-state index in [9.17, 15) is 13.2 Å². The number of primary sulfonamides is 1. The monoisotopic (exact) mass is 539 g/mol. The molecule has 0 saturated carbocycles. The van der Waals surface area contributed by atoms with Gasteiger partial charge in [-0.3, -0.25) is 10.2 Å². The molecule has 1 unspecified atom stereocenters. The van der Waals surface area contributed by atoms with Crippen LogP contribution in [0.5, 0.6) is 0 Å². The van der Waals surface area contributed by atoms with Gasteiger partial charge < -0.3 is 20.6 Å². The van der Waals surface area contributed by atoms with E-state index in [1.54, 1.807) is 30.3 Å². The van der Waals surface area contributed by atoms with E-state index < -0.39 is 27.3 Å². The second-order valence-corrected chi connectivity index (χ2v) is 10.3. The SMILES string of the molecule is COCCC1(C(=O)Nc2ccc(-c3ccccc3S(N)(=O)=O)cc2F)CC(c2cccc(C(=N)N)c2)=NO1. The number of hydrogen-bond acceptors (Lipinski definition) is 7. The maximum Gasteiger partial charge on any atom is 0.272 e. The van der Waals surface area contributed by atoms with Crippen LogP contribution in [0.1, 0.15) is 24.0 Å². The molecule has 1 aliphatic heterocycles. The number of ether oxygens (including phenoxy) is 1. The van der Waals surface area contributed by atoms with Crippen LogP contribution < -0.4 is 16.2 Å². The molecule has 0 fully saturated rings. The van der Waals surface area contributed by atoms with Gasteiger partial charge in [0.1, 0.15) is 11.7 Å². The summed E-state index contributed by atoms with van der Waals surface area (Å²) >= 11 is 0. The molecular formula is C26H26FN5O5S. The number of hydrogen-bond donors (Lipinski definition) is 4. The number of carbonyl (C=O) groups is 1. The summed E-state index contributed by atoms with van der Waals surface area (Å²) < 4.78 is 44.2.